The first-order valence-corrected chi connectivity index (χ1v) is 5.86. The summed E-state index contributed by atoms with van der Waals surface area (Å²) in [6.07, 6.45) is 1.92. The Labute approximate surface area is 91.1 Å². The van der Waals surface area contributed by atoms with Gasteiger partial charge >= 0.3 is 5.97 Å². The van der Waals surface area contributed by atoms with Gasteiger partial charge < -0.3 is 9.52 Å². The van der Waals surface area contributed by atoms with Crippen LogP contribution in [0, 0.1) is 0 Å². The summed E-state index contributed by atoms with van der Waals surface area (Å²) in [5.74, 6) is 0.191. The largest absolute Gasteiger partial charge is 0.478 e. The van der Waals surface area contributed by atoms with Crippen LogP contribution in [-0.4, -0.2) is 17.3 Å². The summed E-state index contributed by atoms with van der Waals surface area (Å²) in [7, 11) is 0. The van der Waals surface area contributed by atoms with Crippen molar-refractivity contribution < 1.29 is 14.3 Å². The molecule has 1 N–H and O–H groups in total. The zero-order chi connectivity index (χ0) is 10.8. The maximum Gasteiger partial charge on any atom is 0.339 e. The summed E-state index contributed by atoms with van der Waals surface area (Å²) < 4.78 is 5.50. The van der Waals surface area contributed by atoms with Gasteiger partial charge in [-0.25, -0.2) is 4.79 Å². The van der Waals surface area contributed by atoms with Crippen LogP contribution in [0.2, 0.25) is 0 Å². The molecule has 1 heterocycles. The predicted octanol–water partition coefficient (Wildman–Crippen LogP) is 2.99. The van der Waals surface area contributed by atoms with E-state index in [1.54, 1.807) is 23.9 Å². The molecule has 0 saturated heterocycles. The van der Waals surface area contributed by atoms with Crippen molar-refractivity contribution in [3.63, 3.8) is 0 Å². The fourth-order valence-electron chi connectivity index (χ4n) is 1.56. The average Bonchev–Trinajstić information content (AvgIpc) is 2.56. The molecule has 0 unspecified atom stereocenters. The number of para-hydroxylation sites is 1. The molecule has 4 heteroatoms. The van der Waals surface area contributed by atoms with E-state index in [1.807, 2.05) is 18.4 Å². The van der Waals surface area contributed by atoms with E-state index >= 15 is 0 Å². The molecule has 0 bridgehead atoms. The van der Waals surface area contributed by atoms with Crippen LogP contribution in [0.15, 0.2) is 28.7 Å². The third-order valence-corrected chi connectivity index (χ3v) is 2.71. The molecule has 0 aliphatic carbocycles. The SMILES string of the molecule is CSCc1oc2ccccc2c1C(=O)O. The number of aromatic carboxylic acids is 1. The Balaban J connectivity index is 2.69. The second-order valence-electron chi connectivity index (χ2n) is 3.13. The molecule has 2 aromatic rings. The number of hydrogen-bond donors (Lipinski definition) is 1. The van der Waals surface area contributed by atoms with Gasteiger partial charge in [-0.2, -0.15) is 11.8 Å². The summed E-state index contributed by atoms with van der Waals surface area (Å²) in [6.45, 7) is 0. The Kier molecular flexibility index (Phi) is 2.68. The van der Waals surface area contributed by atoms with Crippen molar-refractivity contribution in [2.45, 2.75) is 5.75 Å². The molecule has 0 atom stereocenters. The van der Waals surface area contributed by atoms with Crippen LogP contribution in [0.4, 0.5) is 0 Å². The Hall–Kier alpha value is -1.42. The lowest BCUT2D eigenvalue weighted by Crippen LogP contribution is -1.98. The minimum atomic E-state index is -0.927. The van der Waals surface area contributed by atoms with Crippen LogP contribution in [-0.2, 0) is 5.75 Å². The molecule has 0 aliphatic heterocycles. The molecule has 0 saturated carbocycles. The van der Waals surface area contributed by atoms with Crippen molar-refractivity contribution in [1.29, 1.82) is 0 Å². The summed E-state index contributed by atoms with van der Waals surface area (Å²) >= 11 is 1.54. The normalized spacial score (nSPS) is 10.7. The van der Waals surface area contributed by atoms with Crippen molar-refractivity contribution in [1.82, 2.24) is 0 Å². The first-order chi connectivity index (χ1) is 7.24. The molecule has 1 aromatic heterocycles. The van der Waals surface area contributed by atoms with Gasteiger partial charge in [0.2, 0.25) is 0 Å². The highest BCUT2D eigenvalue weighted by Crippen LogP contribution is 2.27. The van der Waals surface area contributed by atoms with E-state index in [2.05, 4.69) is 0 Å². The van der Waals surface area contributed by atoms with Gasteiger partial charge in [-0.3, -0.25) is 0 Å². The zero-order valence-corrected chi connectivity index (χ0v) is 9.00. The first kappa shape index (κ1) is 10.1. The second kappa shape index (κ2) is 3.98. The van der Waals surface area contributed by atoms with Gasteiger partial charge in [0.05, 0.1) is 5.75 Å². The predicted molar refractivity (Wildman–Crippen MR) is 60.4 cm³/mol. The van der Waals surface area contributed by atoms with Gasteiger partial charge in [0.15, 0.2) is 0 Å². The lowest BCUT2D eigenvalue weighted by molar-refractivity contribution is 0.0697. The molecule has 2 rings (SSSR count). The van der Waals surface area contributed by atoms with Crippen molar-refractivity contribution >= 4 is 28.7 Å². The Morgan fingerprint density at radius 1 is 1.47 bits per heavy atom. The molecule has 0 spiro atoms. The highest BCUT2D eigenvalue weighted by Gasteiger charge is 2.18. The number of carboxylic acid groups (broad SMARTS) is 1. The Bertz CT molecular complexity index is 502. The van der Waals surface area contributed by atoms with Crippen molar-refractivity contribution in [3.05, 3.63) is 35.6 Å². The van der Waals surface area contributed by atoms with E-state index in [0.717, 1.165) is 0 Å². The summed E-state index contributed by atoms with van der Waals surface area (Å²) in [5.41, 5.74) is 0.930. The summed E-state index contributed by atoms with van der Waals surface area (Å²) in [6, 6.07) is 7.20. The highest BCUT2D eigenvalue weighted by molar-refractivity contribution is 7.97. The number of carboxylic acids is 1. The van der Waals surface area contributed by atoms with E-state index in [9.17, 15) is 4.79 Å². The number of benzene rings is 1. The first-order valence-electron chi connectivity index (χ1n) is 4.46. The van der Waals surface area contributed by atoms with E-state index in [-0.39, 0.29) is 0 Å². The summed E-state index contributed by atoms with van der Waals surface area (Å²) in [4.78, 5) is 11.1. The maximum absolute atomic E-state index is 11.1. The maximum atomic E-state index is 11.1. The van der Waals surface area contributed by atoms with Gasteiger partial charge in [-0.15, -0.1) is 0 Å². The fraction of sp³-hybridized carbons (Fsp3) is 0.182. The monoisotopic (exact) mass is 222 g/mol. The van der Waals surface area contributed by atoms with Gasteiger partial charge in [0.1, 0.15) is 16.9 Å². The second-order valence-corrected chi connectivity index (χ2v) is 4.00. The van der Waals surface area contributed by atoms with Crippen LogP contribution in [0.5, 0.6) is 0 Å². The van der Waals surface area contributed by atoms with Crippen LogP contribution >= 0.6 is 11.8 Å². The molecule has 3 nitrogen and oxygen atoms in total. The summed E-state index contributed by atoms with van der Waals surface area (Å²) in [5, 5.41) is 9.78. The van der Waals surface area contributed by atoms with Crippen LogP contribution < -0.4 is 0 Å². The molecular weight excluding hydrogens is 212 g/mol. The third-order valence-electron chi connectivity index (χ3n) is 2.16. The zero-order valence-electron chi connectivity index (χ0n) is 8.19. The smallest absolute Gasteiger partial charge is 0.339 e. The molecule has 15 heavy (non-hydrogen) atoms. The number of furan rings is 1. The topological polar surface area (TPSA) is 50.4 Å². The highest BCUT2D eigenvalue weighted by atomic mass is 32.2. The van der Waals surface area contributed by atoms with Crippen molar-refractivity contribution in [2.75, 3.05) is 6.26 Å². The molecule has 0 radical (unpaired) electrons. The van der Waals surface area contributed by atoms with E-state index < -0.39 is 5.97 Å². The van der Waals surface area contributed by atoms with E-state index in [0.29, 0.717) is 28.0 Å². The number of fused-ring (bicyclic) bond motifs is 1. The number of carbonyl (C=O) groups is 1. The number of thioether (sulfide) groups is 1. The van der Waals surface area contributed by atoms with Crippen molar-refractivity contribution in [2.24, 2.45) is 0 Å². The molecule has 0 aliphatic rings. The Morgan fingerprint density at radius 2 is 2.20 bits per heavy atom. The van der Waals surface area contributed by atoms with Gasteiger partial charge in [-0.1, -0.05) is 18.2 Å². The molecule has 1 aromatic carbocycles. The minimum Gasteiger partial charge on any atom is -0.478 e. The van der Waals surface area contributed by atoms with Gasteiger partial charge in [0, 0.05) is 5.39 Å². The van der Waals surface area contributed by atoms with Crippen LogP contribution in [0.1, 0.15) is 16.1 Å². The quantitative estimate of drug-likeness (QED) is 0.867. The van der Waals surface area contributed by atoms with Crippen LogP contribution in [0.25, 0.3) is 11.0 Å². The Morgan fingerprint density at radius 3 is 2.87 bits per heavy atom. The minimum absolute atomic E-state index is 0.292. The number of rotatable bonds is 3. The molecular formula is C11H10O3S. The van der Waals surface area contributed by atoms with E-state index in [1.165, 1.54) is 0 Å². The van der Waals surface area contributed by atoms with Crippen molar-refractivity contribution in [3.8, 4) is 0 Å². The average molecular weight is 222 g/mol. The van der Waals surface area contributed by atoms with E-state index in [4.69, 9.17) is 9.52 Å². The lowest BCUT2D eigenvalue weighted by Gasteiger charge is -1.94. The standard InChI is InChI=1S/C11H10O3S/c1-15-6-9-10(11(12)13)7-4-2-3-5-8(7)14-9/h2-5H,6H2,1H3,(H,12,13). The third kappa shape index (κ3) is 1.72. The van der Waals surface area contributed by atoms with Gasteiger partial charge in [-0.05, 0) is 12.3 Å². The molecule has 0 amide bonds. The fourth-order valence-corrected chi connectivity index (χ4v) is 2.03. The van der Waals surface area contributed by atoms with Gasteiger partial charge in [0.25, 0.3) is 0 Å². The number of hydrogen-bond acceptors (Lipinski definition) is 3. The lowest BCUT2D eigenvalue weighted by atomic mass is 10.1. The molecule has 78 valence electrons. The molecule has 0 fully saturated rings. The van der Waals surface area contributed by atoms with Crippen LogP contribution in [0.3, 0.4) is 0 Å².